The normalized spacial score (nSPS) is 23.5. The zero-order chi connectivity index (χ0) is 20.7. The van der Waals surface area contributed by atoms with Crippen molar-refractivity contribution in [1.82, 2.24) is 14.5 Å². The second-order valence-electron chi connectivity index (χ2n) is 8.20. The highest BCUT2D eigenvalue weighted by atomic mass is 32.2. The van der Waals surface area contributed by atoms with Gasteiger partial charge >= 0.3 is 0 Å². The van der Waals surface area contributed by atoms with Gasteiger partial charge in [-0.3, -0.25) is 4.79 Å². The summed E-state index contributed by atoms with van der Waals surface area (Å²) >= 11 is 0. The lowest BCUT2D eigenvalue weighted by molar-refractivity contribution is 0.107. The highest BCUT2D eigenvalue weighted by Gasteiger charge is 2.29. The van der Waals surface area contributed by atoms with Gasteiger partial charge in [0.15, 0.2) is 0 Å². The average molecular weight is 432 g/mol. The molecule has 3 heterocycles. The van der Waals surface area contributed by atoms with E-state index < -0.39 is 10.0 Å². The van der Waals surface area contributed by atoms with Crippen LogP contribution in [0.4, 0.5) is 0 Å². The first-order chi connectivity index (χ1) is 14.5. The van der Waals surface area contributed by atoms with E-state index in [0.29, 0.717) is 45.5 Å². The molecule has 1 aliphatic carbocycles. The number of fused-ring (bicyclic) bond motifs is 2. The maximum Gasteiger partial charge on any atom is 0.267 e. The molecule has 9 heteroatoms. The van der Waals surface area contributed by atoms with Crippen LogP contribution in [0.15, 0.2) is 34.0 Å². The third kappa shape index (κ3) is 3.77. The minimum Gasteiger partial charge on any atom is -0.493 e. The van der Waals surface area contributed by atoms with E-state index in [2.05, 4.69) is 9.82 Å². The molecule has 1 saturated carbocycles. The highest BCUT2D eigenvalue weighted by Crippen LogP contribution is 2.30. The molecule has 0 atom stereocenters. The van der Waals surface area contributed by atoms with E-state index >= 15 is 0 Å². The number of nitrogens with one attached hydrogen (secondary N) is 1. The summed E-state index contributed by atoms with van der Waals surface area (Å²) in [7, 11) is -3.59. The summed E-state index contributed by atoms with van der Waals surface area (Å²) in [6.45, 7) is 1.67. The predicted octanol–water partition coefficient (Wildman–Crippen LogP) is 1.71. The van der Waals surface area contributed by atoms with Crippen molar-refractivity contribution in [3.63, 3.8) is 0 Å². The Balaban J connectivity index is 1.26. The summed E-state index contributed by atoms with van der Waals surface area (Å²) in [6, 6.07) is 6.52. The van der Waals surface area contributed by atoms with Gasteiger partial charge in [0.05, 0.1) is 36.5 Å². The topological polar surface area (TPSA) is 99.5 Å². The second-order valence-corrected chi connectivity index (χ2v) is 9.91. The lowest BCUT2D eigenvalue weighted by Gasteiger charge is -2.30. The van der Waals surface area contributed by atoms with Crippen LogP contribution in [0.1, 0.15) is 48.5 Å². The first-order valence-corrected chi connectivity index (χ1v) is 12.0. The Labute approximate surface area is 175 Å². The Morgan fingerprint density at radius 3 is 2.70 bits per heavy atom. The van der Waals surface area contributed by atoms with Gasteiger partial charge < -0.3 is 9.47 Å². The van der Waals surface area contributed by atoms with Crippen molar-refractivity contribution in [3.8, 4) is 5.75 Å². The quantitative estimate of drug-likeness (QED) is 0.791. The third-order valence-corrected chi connectivity index (χ3v) is 7.72. The molecular weight excluding hydrogens is 406 g/mol. The van der Waals surface area contributed by atoms with Crippen molar-refractivity contribution in [1.29, 1.82) is 0 Å². The summed E-state index contributed by atoms with van der Waals surface area (Å²) in [6.07, 6.45) is 4.23. The van der Waals surface area contributed by atoms with E-state index in [1.54, 1.807) is 28.9 Å². The number of hydrogen-bond donors (Lipinski definition) is 1. The molecule has 1 aromatic heterocycles. The van der Waals surface area contributed by atoms with Gasteiger partial charge in [-0.25, -0.2) is 17.8 Å². The van der Waals surface area contributed by atoms with Gasteiger partial charge in [-0.15, -0.1) is 0 Å². The van der Waals surface area contributed by atoms with Crippen LogP contribution in [-0.2, 0) is 34.2 Å². The van der Waals surface area contributed by atoms with Crippen LogP contribution in [0.2, 0.25) is 0 Å². The van der Waals surface area contributed by atoms with Crippen molar-refractivity contribution < 1.29 is 17.9 Å². The second kappa shape index (κ2) is 7.79. The van der Waals surface area contributed by atoms with Crippen LogP contribution in [-0.4, -0.2) is 37.5 Å². The Kier molecular flexibility index (Phi) is 5.12. The van der Waals surface area contributed by atoms with Crippen LogP contribution in [0.5, 0.6) is 5.75 Å². The van der Waals surface area contributed by atoms with E-state index in [1.165, 1.54) is 0 Å². The molecule has 2 aliphatic heterocycles. The largest absolute Gasteiger partial charge is 0.493 e. The van der Waals surface area contributed by atoms with Crippen LogP contribution in [0, 0.1) is 0 Å². The summed E-state index contributed by atoms with van der Waals surface area (Å²) < 4.78 is 41.0. The zero-order valence-corrected chi connectivity index (χ0v) is 17.5. The lowest BCUT2D eigenvalue weighted by atomic mass is 9.92. The number of hydrogen-bond acceptors (Lipinski definition) is 6. The number of aromatic nitrogens is 2. The zero-order valence-electron chi connectivity index (χ0n) is 16.7. The fourth-order valence-electron chi connectivity index (χ4n) is 4.55. The van der Waals surface area contributed by atoms with Crippen LogP contribution in [0.25, 0.3) is 0 Å². The summed E-state index contributed by atoms with van der Waals surface area (Å²) in [5, 5.41) is 4.59. The van der Waals surface area contributed by atoms with E-state index in [4.69, 9.17) is 9.47 Å². The summed E-state index contributed by atoms with van der Waals surface area (Å²) in [5.41, 5.74) is 2.64. The molecule has 0 radical (unpaired) electrons. The Bertz CT molecular complexity index is 1120. The molecule has 30 heavy (non-hydrogen) atoms. The Morgan fingerprint density at radius 2 is 1.87 bits per heavy atom. The smallest absolute Gasteiger partial charge is 0.267 e. The van der Waals surface area contributed by atoms with Gasteiger partial charge in [0.25, 0.3) is 5.56 Å². The van der Waals surface area contributed by atoms with E-state index in [1.807, 2.05) is 0 Å². The number of nitrogens with zero attached hydrogens (tertiary/aromatic N) is 2. The Hall–Kier alpha value is -2.23. The van der Waals surface area contributed by atoms with Gasteiger partial charge in [0.2, 0.25) is 10.0 Å². The maximum absolute atomic E-state index is 12.8. The number of benzene rings is 1. The fourth-order valence-corrected chi connectivity index (χ4v) is 5.90. The molecular formula is C21H25N3O5S. The van der Waals surface area contributed by atoms with Gasteiger partial charge in [0, 0.05) is 30.5 Å². The van der Waals surface area contributed by atoms with E-state index in [9.17, 15) is 13.2 Å². The molecule has 5 rings (SSSR count). The fraction of sp³-hybridized carbons (Fsp3) is 0.524. The molecule has 0 spiro atoms. The molecule has 3 aliphatic rings. The minimum atomic E-state index is -3.59. The van der Waals surface area contributed by atoms with Crippen molar-refractivity contribution >= 4 is 10.0 Å². The van der Waals surface area contributed by atoms with Crippen molar-refractivity contribution in [3.05, 3.63) is 51.4 Å². The SMILES string of the molecule is O=c1cc2c(nn1C1CCC(NS(=O)(=O)c3ccc4c(c3)CCO4)CC1)CCOC2. The van der Waals surface area contributed by atoms with Crippen molar-refractivity contribution in [2.45, 2.75) is 62.1 Å². The molecule has 0 amide bonds. The molecule has 8 nitrogen and oxygen atoms in total. The molecule has 160 valence electrons. The molecule has 0 bridgehead atoms. The first kappa shape index (κ1) is 19.7. The van der Waals surface area contributed by atoms with Gasteiger partial charge in [0.1, 0.15) is 5.75 Å². The highest BCUT2D eigenvalue weighted by molar-refractivity contribution is 7.89. The molecule has 1 fully saturated rings. The Morgan fingerprint density at radius 1 is 1.03 bits per heavy atom. The third-order valence-electron chi connectivity index (χ3n) is 6.20. The minimum absolute atomic E-state index is 0.00328. The van der Waals surface area contributed by atoms with Crippen LogP contribution in [0.3, 0.4) is 0 Å². The monoisotopic (exact) mass is 431 g/mol. The molecule has 1 N–H and O–H groups in total. The number of rotatable bonds is 4. The van der Waals surface area contributed by atoms with E-state index in [-0.39, 0.29) is 22.5 Å². The van der Waals surface area contributed by atoms with Crippen LogP contribution < -0.4 is 15.0 Å². The standard InChI is InChI=1S/C21H25N3O5S/c25-21-12-15-13-28-9-8-19(15)22-24(21)17-3-1-16(2-4-17)23-30(26,27)18-5-6-20-14(11-18)7-10-29-20/h5-6,11-12,16-17,23H,1-4,7-10,13H2. The predicted molar refractivity (Wildman–Crippen MR) is 109 cm³/mol. The molecule has 1 aromatic carbocycles. The van der Waals surface area contributed by atoms with Gasteiger partial charge in [-0.05, 0) is 49.4 Å². The maximum atomic E-state index is 12.8. The lowest BCUT2D eigenvalue weighted by Crippen LogP contribution is -2.40. The number of ether oxygens (including phenoxy) is 2. The summed E-state index contributed by atoms with van der Waals surface area (Å²) in [5.74, 6) is 0.768. The molecule has 0 saturated heterocycles. The van der Waals surface area contributed by atoms with Crippen molar-refractivity contribution in [2.24, 2.45) is 0 Å². The first-order valence-electron chi connectivity index (χ1n) is 10.5. The molecule has 0 unspecified atom stereocenters. The van der Waals surface area contributed by atoms with Gasteiger partial charge in [-0.2, -0.15) is 5.10 Å². The van der Waals surface area contributed by atoms with Crippen molar-refractivity contribution in [2.75, 3.05) is 13.2 Å². The average Bonchev–Trinajstić information content (AvgIpc) is 3.22. The summed E-state index contributed by atoms with van der Waals surface area (Å²) in [4.78, 5) is 12.8. The number of sulfonamides is 1. The van der Waals surface area contributed by atoms with Gasteiger partial charge in [-0.1, -0.05) is 0 Å². The van der Waals surface area contributed by atoms with E-state index in [0.717, 1.165) is 35.4 Å². The van der Waals surface area contributed by atoms with Crippen LogP contribution >= 0.6 is 0 Å². The molecule has 2 aromatic rings.